The summed E-state index contributed by atoms with van der Waals surface area (Å²) in [5.74, 6) is 2.71. The van der Waals surface area contributed by atoms with Crippen LogP contribution >= 0.6 is 0 Å². The van der Waals surface area contributed by atoms with Crippen molar-refractivity contribution in [3.05, 3.63) is 53.6 Å². The van der Waals surface area contributed by atoms with Gasteiger partial charge in [-0.3, -0.25) is 0 Å². The lowest BCUT2D eigenvalue weighted by molar-refractivity contribution is -0.140. The van der Waals surface area contributed by atoms with E-state index in [1.807, 2.05) is 18.2 Å². The summed E-state index contributed by atoms with van der Waals surface area (Å²) in [4.78, 5) is 0. The van der Waals surface area contributed by atoms with Crippen LogP contribution in [-0.2, 0) is 0 Å². The molecular formula is C23H26N2O3. The Morgan fingerprint density at radius 1 is 0.964 bits per heavy atom. The fourth-order valence-electron chi connectivity index (χ4n) is 4.78. The topological polar surface area (TPSA) is 43.3 Å². The van der Waals surface area contributed by atoms with Crippen molar-refractivity contribution in [1.29, 1.82) is 0 Å². The van der Waals surface area contributed by atoms with Gasteiger partial charge in [0.25, 0.3) is 0 Å². The van der Waals surface area contributed by atoms with E-state index in [0.717, 1.165) is 47.8 Å². The lowest BCUT2D eigenvalue weighted by Crippen LogP contribution is -2.54. The number of benzene rings is 2. The highest BCUT2D eigenvalue weighted by Crippen LogP contribution is 2.51. The third kappa shape index (κ3) is 2.72. The Kier molecular flexibility index (Phi) is 4.18. The van der Waals surface area contributed by atoms with E-state index in [0.29, 0.717) is 0 Å². The molecule has 2 aromatic carbocycles. The van der Waals surface area contributed by atoms with E-state index in [4.69, 9.17) is 19.3 Å². The molecule has 1 fully saturated rings. The van der Waals surface area contributed by atoms with Gasteiger partial charge in [-0.15, -0.1) is 0 Å². The van der Waals surface area contributed by atoms with Crippen LogP contribution in [0.3, 0.4) is 0 Å². The maximum absolute atomic E-state index is 6.64. The molecule has 3 aliphatic rings. The molecule has 2 aromatic rings. The zero-order chi connectivity index (χ0) is 19.1. The molecule has 2 aliphatic heterocycles. The Morgan fingerprint density at radius 3 is 2.39 bits per heavy atom. The van der Waals surface area contributed by atoms with Crippen molar-refractivity contribution in [2.45, 2.75) is 50.3 Å². The van der Waals surface area contributed by atoms with Crippen molar-refractivity contribution >= 4 is 5.71 Å². The number of hydrazone groups is 1. The van der Waals surface area contributed by atoms with Crippen molar-refractivity contribution in [2.75, 3.05) is 14.2 Å². The quantitative estimate of drug-likeness (QED) is 0.761. The minimum Gasteiger partial charge on any atom is -0.497 e. The summed E-state index contributed by atoms with van der Waals surface area (Å²) >= 11 is 0. The van der Waals surface area contributed by atoms with E-state index < -0.39 is 0 Å². The molecule has 0 N–H and O–H groups in total. The number of hydrogen-bond acceptors (Lipinski definition) is 5. The second-order valence-corrected chi connectivity index (χ2v) is 7.85. The molecule has 5 nitrogen and oxygen atoms in total. The average Bonchev–Trinajstić information content (AvgIpc) is 3.21. The van der Waals surface area contributed by atoms with Gasteiger partial charge in [-0.1, -0.05) is 6.42 Å². The number of fused-ring (bicyclic) bond motifs is 4. The molecule has 1 unspecified atom stereocenters. The predicted molar refractivity (Wildman–Crippen MR) is 108 cm³/mol. The molecule has 1 spiro atoms. The maximum atomic E-state index is 6.64. The van der Waals surface area contributed by atoms with Gasteiger partial charge in [0.2, 0.25) is 0 Å². The van der Waals surface area contributed by atoms with Crippen LogP contribution in [0.5, 0.6) is 17.2 Å². The summed E-state index contributed by atoms with van der Waals surface area (Å²) in [6.45, 7) is 0. The molecule has 0 amide bonds. The lowest BCUT2D eigenvalue weighted by Gasteiger charge is -2.49. The highest BCUT2D eigenvalue weighted by Gasteiger charge is 2.50. The Balaban J connectivity index is 1.56. The minimum atomic E-state index is -0.321. The van der Waals surface area contributed by atoms with Gasteiger partial charge >= 0.3 is 0 Å². The molecule has 5 rings (SSSR count). The Bertz CT molecular complexity index is 901. The molecule has 146 valence electrons. The van der Waals surface area contributed by atoms with Crippen LogP contribution in [0.4, 0.5) is 0 Å². The highest BCUT2D eigenvalue weighted by molar-refractivity contribution is 6.02. The second-order valence-electron chi connectivity index (χ2n) is 7.85. The first-order chi connectivity index (χ1) is 13.7. The predicted octanol–water partition coefficient (Wildman–Crippen LogP) is 4.91. The van der Waals surface area contributed by atoms with Crippen LogP contribution in [-0.4, -0.2) is 30.7 Å². The van der Waals surface area contributed by atoms with E-state index in [1.165, 1.54) is 24.8 Å². The average molecular weight is 378 g/mol. The molecule has 0 bridgehead atoms. The molecular weight excluding hydrogens is 352 g/mol. The lowest BCUT2D eigenvalue weighted by atomic mass is 9.86. The van der Waals surface area contributed by atoms with Gasteiger partial charge < -0.3 is 14.2 Å². The van der Waals surface area contributed by atoms with E-state index in [9.17, 15) is 0 Å². The van der Waals surface area contributed by atoms with Gasteiger partial charge in [0.1, 0.15) is 17.2 Å². The van der Waals surface area contributed by atoms with E-state index >= 15 is 0 Å². The Hall–Kier alpha value is -2.69. The third-order valence-electron chi connectivity index (χ3n) is 6.26. The summed E-state index contributed by atoms with van der Waals surface area (Å²) in [5.41, 5.74) is 3.10. The fraction of sp³-hybridized carbons (Fsp3) is 0.435. The van der Waals surface area contributed by atoms with Gasteiger partial charge in [0, 0.05) is 24.8 Å². The third-order valence-corrected chi connectivity index (χ3v) is 6.26. The van der Waals surface area contributed by atoms with E-state index in [2.05, 4.69) is 29.3 Å². The number of hydrogen-bond donors (Lipinski definition) is 0. The molecule has 28 heavy (non-hydrogen) atoms. The maximum Gasteiger partial charge on any atom is 0.198 e. The smallest absolute Gasteiger partial charge is 0.198 e. The Labute approximate surface area is 165 Å². The van der Waals surface area contributed by atoms with Gasteiger partial charge in [0.05, 0.1) is 26.0 Å². The standard InChI is InChI=1S/C23H26N2O3/c1-26-17-8-6-16(7-9-17)20-15-21-19-14-18(27-2)10-11-22(19)28-23(25(21)24-20)12-4-3-5-13-23/h6-11,14,21H,3-5,12-13,15H2,1-2H3. The van der Waals surface area contributed by atoms with Crippen LogP contribution in [0.1, 0.15) is 55.7 Å². The van der Waals surface area contributed by atoms with E-state index in [1.54, 1.807) is 14.2 Å². The molecule has 5 heteroatoms. The number of nitrogens with zero attached hydrogens (tertiary/aromatic N) is 2. The first kappa shape index (κ1) is 17.4. The van der Waals surface area contributed by atoms with Crippen molar-refractivity contribution < 1.29 is 14.2 Å². The minimum absolute atomic E-state index is 0.189. The molecule has 1 atom stereocenters. The van der Waals surface area contributed by atoms with E-state index in [-0.39, 0.29) is 11.8 Å². The number of rotatable bonds is 3. The molecule has 0 aromatic heterocycles. The summed E-state index contributed by atoms with van der Waals surface area (Å²) in [6.07, 6.45) is 6.55. The second kappa shape index (κ2) is 6.73. The summed E-state index contributed by atoms with van der Waals surface area (Å²) in [6, 6.07) is 14.5. The number of ether oxygens (including phenoxy) is 3. The molecule has 1 saturated carbocycles. The first-order valence-electron chi connectivity index (χ1n) is 10.1. The molecule has 1 aliphatic carbocycles. The van der Waals surface area contributed by atoms with Crippen molar-refractivity contribution in [3.63, 3.8) is 0 Å². The monoisotopic (exact) mass is 378 g/mol. The van der Waals surface area contributed by atoms with Crippen LogP contribution in [0.15, 0.2) is 47.6 Å². The van der Waals surface area contributed by atoms with Gasteiger partial charge in [0.15, 0.2) is 5.72 Å². The van der Waals surface area contributed by atoms with Crippen LogP contribution in [0.25, 0.3) is 0 Å². The first-order valence-corrected chi connectivity index (χ1v) is 10.1. The highest BCUT2D eigenvalue weighted by atomic mass is 16.5. The fourth-order valence-corrected chi connectivity index (χ4v) is 4.78. The van der Waals surface area contributed by atoms with Crippen molar-refractivity contribution in [2.24, 2.45) is 5.10 Å². The van der Waals surface area contributed by atoms with Gasteiger partial charge in [-0.25, -0.2) is 5.01 Å². The zero-order valence-corrected chi connectivity index (χ0v) is 16.5. The normalized spacial score (nSPS) is 22.1. The van der Waals surface area contributed by atoms with Crippen LogP contribution < -0.4 is 14.2 Å². The van der Waals surface area contributed by atoms with Crippen LogP contribution in [0, 0.1) is 0 Å². The van der Waals surface area contributed by atoms with Gasteiger partial charge in [-0.2, -0.15) is 5.10 Å². The van der Waals surface area contributed by atoms with Crippen molar-refractivity contribution in [1.82, 2.24) is 5.01 Å². The molecule has 0 radical (unpaired) electrons. The SMILES string of the molecule is COc1ccc(C2=NN3C(C2)c2cc(OC)ccc2OC32CCCCC2)cc1. The summed E-state index contributed by atoms with van der Waals surface area (Å²) < 4.78 is 17.4. The van der Waals surface area contributed by atoms with Crippen LogP contribution in [0.2, 0.25) is 0 Å². The molecule has 0 saturated heterocycles. The molecule has 2 heterocycles. The van der Waals surface area contributed by atoms with Crippen molar-refractivity contribution in [3.8, 4) is 17.2 Å². The Morgan fingerprint density at radius 2 is 1.68 bits per heavy atom. The summed E-state index contributed by atoms with van der Waals surface area (Å²) in [7, 11) is 3.40. The zero-order valence-electron chi connectivity index (χ0n) is 16.5. The summed E-state index contributed by atoms with van der Waals surface area (Å²) in [5, 5.41) is 7.37. The number of methoxy groups -OCH3 is 2. The van der Waals surface area contributed by atoms with Gasteiger partial charge in [-0.05, 0) is 60.9 Å². The largest absolute Gasteiger partial charge is 0.497 e.